The molecule has 5 rings (SSSR count). The van der Waals surface area contributed by atoms with Crippen LogP contribution in [0.1, 0.15) is 18.4 Å². The molecule has 0 amide bonds. The number of aromatic nitrogens is 4. The van der Waals surface area contributed by atoms with Crippen LogP contribution in [0.4, 0.5) is 17.6 Å². The number of benzene rings is 1. The number of anilines is 3. The largest absolute Gasteiger partial charge is 0.489 e. The van der Waals surface area contributed by atoms with Gasteiger partial charge in [-0.15, -0.1) is 0 Å². The van der Waals surface area contributed by atoms with Gasteiger partial charge in [-0.1, -0.05) is 0 Å². The van der Waals surface area contributed by atoms with E-state index in [1.54, 1.807) is 30.7 Å². The van der Waals surface area contributed by atoms with E-state index in [0.29, 0.717) is 55.2 Å². The summed E-state index contributed by atoms with van der Waals surface area (Å²) in [6, 6.07) is 9.57. The zero-order valence-electron chi connectivity index (χ0n) is 18.7. The average molecular weight is 460 g/mol. The lowest BCUT2D eigenvalue weighted by Crippen LogP contribution is -2.36. The van der Waals surface area contributed by atoms with Gasteiger partial charge < -0.3 is 24.4 Å². The van der Waals surface area contributed by atoms with Gasteiger partial charge in [-0.2, -0.15) is 5.26 Å². The number of nitriles is 1. The highest BCUT2D eigenvalue weighted by atomic mass is 16.5. The van der Waals surface area contributed by atoms with Crippen LogP contribution >= 0.6 is 0 Å². The van der Waals surface area contributed by atoms with E-state index in [9.17, 15) is 5.26 Å². The molecule has 0 unspecified atom stereocenters. The van der Waals surface area contributed by atoms with Gasteiger partial charge in [-0.05, 0) is 24.3 Å². The van der Waals surface area contributed by atoms with Crippen molar-refractivity contribution >= 4 is 17.6 Å². The predicted molar refractivity (Wildman–Crippen MR) is 125 cm³/mol. The lowest BCUT2D eigenvalue weighted by atomic mass is 10.1. The third-order valence-electron chi connectivity index (χ3n) is 5.71. The molecule has 0 atom stereocenters. The minimum Gasteiger partial charge on any atom is -0.489 e. The minimum atomic E-state index is 0.0656. The van der Waals surface area contributed by atoms with Crippen LogP contribution in [0.25, 0.3) is 11.3 Å². The van der Waals surface area contributed by atoms with E-state index in [1.165, 1.54) is 0 Å². The van der Waals surface area contributed by atoms with Gasteiger partial charge >= 0.3 is 0 Å². The van der Waals surface area contributed by atoms with Crippen molar-refractivity contribution in [3.63, 3.8) is 0 Å². The second-order valence-electron chi connectivity index (χ2n) is 8.00. The van der Waals surface area contributed by atoms with E-state index in [2.05, 4.69) is 36.2 Å². The number of rotatable bonds is 6. The van der Waals surface area contributed by atoms with E-state index < -0.39 is 0 Å². The summed E-state index contributed by atoms with van der Waals surface area (Å²) in [7, 11) is 0. The molecule has 0 aliphatic carbocycles. The van der Waals surface area contributed by atoms with Crippen LogP contribution in [0.2, 0.25) is 0 Å². The zero-order chi connectivity index (χ0) is 23.2. The highest BCUT2D eigenvalue weighted by Gasteiger charge is 2.18. The number of nitrogens with one attached hydrogen (secondary N) is 1. The number of ether oxygens (including phenoxy) is 3. The molecule has 4 heterocycles. The average Bonchev–Trinajstić information content (AvgIpc) is 2.90. The molecule has 2 aromatic heterocycles. The molecule has 2 saturated heterocycles. The van der Waals surface area contributed by atoms with Gasteiger partial charge in [0.15, 0.2) is 5.82 Å². The Morgan fingerprint density at radius 2 is 1.85 bits per heavy atom. The van der Waals surface area contributed by atoms with E-state index in [1.807, 2.05) is 12.1 Å². The fraction of sp³-hybridized carbons (Fsp3) is 0.375. The van der Waals surface area contributed by atoms with E-state index in [4.69, 9.17) is 14.2 Å². The smallest absolute Gasteiger partial charge is 0.228 e. The van der Waals surface area contributed by atoms with Crippen LogP contribution in [-0.4, -0.2) is 65.6 Å². The first-order valence-electron chi connectivity index (χ1n) is 11.3. The molecule has 1 aromatic carbocycles. The summed E-state index contributed by atoms with van der Waals surface area (Å²) in [4.78, 5) is 20.0. The quantitative estimate of drug-likeness (QED) is 0.589. The highest BCUT2D eigenvalue weighted by Crippen LogP contribution is 2.28. The maximum atomic E-state index is 9.68. The fourth-order valence-corrected chi connectivity index (χ4v) is 3.91. The van der Waals surface area contributed by atoms with Gasteiger partial charge in [-0.25, -0.2) is 15.0 Å². The van der Waals surface area contributed by atoms with Gasteiger partial charge in [0, 0.05) is 37.7 Å². The van der Waals surface area contributed by atoms with Crippen molar-refractivity contribution in [1.82, 2.24) is 19.9 Å². The Balaban J connectivity index is 1.32. The molecule has 0 spiro atoms. The Kier molecular flexibility index (Phi) is 6.74. The van der Waals surface area contributed by atoms with E-state index in [0.717, 1.165) is 37.3 Å². The van der Waals surface area contributed by atoms with Crippen molar-refractivity contribution in [3.8, 4) is 23.1 Å². The maximum Gasteiger partial charge on any atom is 0.228 e. The molecular weight excluding hydrogens is 434 g/mol. The molecule has 3 aromatic rings. The van der Waals surface area contributed by atoms with Crippen LogP contribution < -0.4 is 15.0 Å². The van der Waals surface area contributed by atoms with Gasteiger partial charge in [0.2, 0.25) is 5.95 Å². The van der Waals surface area contributed by atoms with Crippen molar-refractivity contribution in [1.29, 1.82) is 5.26 Å². The third kappa shape index (κ3) is 5.22. The summed E-state index contributed by atoms with van der Waals surface area (Å²) in [5.74, 6) is 2.31. The molecule has 0 saturated carbocycles. The maximum absolute atomic E-state index is 9.68. The van der Waals surface area contributed by atoms with Crippen LogP contribution in [0.5, 0.6) is 5.75 Å². The summed E-state index contributed by atoms with van der Waals surface area (Å²) in [5.41, 5.74) is 1.96. The summed E-state index contributed by atoms with van der Waals surface area (Å²) >= 11 is 0. The van der Waals surface area contributed by atoms with Crippen molar-refractivity contribution < 1.29 is 14.2 Å². The van der Waals surface area contributed by atoms with Gasteiger partial charge in [0.05, 0.1) is 50.1 Å². The Hall–Kier alpha value is -3.81. The van der Waals surface area contributed by atoms with E-state index in [-0.39, 0.29) is 6.10 Å². The summed E-state index contributed by atoms with van der Waals surface area (Å²) < 4.78 is 16.8. The molecule has 174 valence electrons. The summed E-state index contributed by atoms with van der Waals surface area (Å²) in [6.45, 7) is 4.27. The van der Waals surface area contributed by atoms with Crippen molar-refractivity contribution in [2.75, 3.05) is 49.7 Å². The minimum absolute atomic E-state index is 0.0656. The van der Waals surface area contributed by atoms with Crippen LogP contribution in [-0.2, 0) is 9.47 Å². The number of morpholine rings is 1. The molecule has 2 aliphatic heterocycles. The number of hydrogen-bond acceptors (Lipinski definition) is 10. The van der Waals surface area contributed by atoms with Gasteiger partial charge in [0.1, 0.15) is 23.7 Å². The number of nitrogens with zero attached hydrogens (tertiary/aromatic N) is 6. The molecule has 0 bridgehead atoms. The molecule has 34 heavy (non-hydrogen) atoms. The first-order chi connectivity index (χ1) is 16.8. The van der Waals surface area contributed by atoms with E-state index >= 15 is 0 Å². The van der Waals surface area contributed by atoms with Gasteiger partial charge in [0.25, 0.3) is 0 Å². The Bertz CT molecular complexity index is 1170. The topological polar surface area (TPSA) is 118 Å². The molecule has 2 fully saturated rings. The Labute approximate surface area is 197 Å². The van der Waals surface area contributed by atoms with Crippen LogP contribution in [0, 0.1) is 11.3 Å². The van der Waals surface area contributed by atoms with Gasteiger partial charge in [-0.3, -0.25) is 4.98 Å². The lowest BCUT2D eigenvalue weighted by Gasteiger charge is -2.27. The van der Waals surface area contributed by atoms with Crippen LogP contribution in [0.3, 0.4) is 0 Å². The molecule has 10 nitrogen and oxygen atoms in total. The summed E-state index contributed by atoms with van der Waals surface area (Å²) in [6.07, 6.45) is 6.75. The summed E-state index contributed by atoms with van der Waals surface area (Å²) in [5, 5.41) is 12.8. The van der Waals surface area contributed by atoms with Crippen molar-refractivity contribution in [2.24, 2.45) is 0 Å². The first-order valence-corrected chi connectivity index (χ1v) is 11.3. The highest BCUT2D eigenvalue weighted by molar-refractivity contribution is 5.65. The molecular formula is C24H25N7O3. The number of hydrogen-bond donors (Lipinski definition) is 1. The zero-order valence-corrected chi connectivity index (χ0v) is 18.7. The first kappa shape index (κ1) is 22.0. The Morgan fingerprint density at radius 3 is 2.68 bits per heavy atom. The third-order valence-corrected chi connectivity index (χ3v) is 5.71. The second kappa shape index (κ2) is 10.4. The van der Waals surface area contributed by atoms with Crippen molar-refractivity contribution in [3.05, 3.63) is 48.4 Å². The Morgan fingerprint density at radius 1 is 1.03 bits per heavy atom. The molecule has 2 aliphatic rings. The normalized spacial score (nSPS) is 16.6. The van der Waals surface area contributed by atoms with Crippen molar-refractivity contribution in [2.45, 2.75) is 18.9 Å². The molecule has 1 N–H and O–H groups in total. The SMILES string of the molecule is N#Cc1cc(-c2ccnc(Nc3cncc(N4CCOCC4)n3)n2)ccc1OC1CCOCC1. The predicted octanol–water partition coefficient (Wildman–Crippen LogP) is 2.94. The lowest BCUT2D eigenvalue weighted by molar-refractivity contribution is 0.0254. The van der Waals surface area contributed by atoms with Crippen LogP contribution in [0.15, 0.2) is 42.9 Å². The molecule has 0 radical (unpaired) electrons. The fourth-order valence-electron chi connectivity index (χ4n) is 3.91. The monoisotopic (exact) mass is 459 g/mol. The molecule has 10 heteroatoms. The standard InChI is InChI=1S/C24H25N7O3/c25-14-18-13-17(1-2-21(18)34-19-4-9-32-10-5-19)20-3-6-27-24(28-20)30-22-15-26-16-23(29-22)31-7-11-33-12-8-31/h1-3,6,13,15-16,19H,4-5,7-12H2,(H,27,28,29,30). The second-order valence-corrected chi connectivity index (χ2v) is 8.00.